The fourth-order valence-corrected chi connectivity index (χ4v) is 5.90. The van der Waals surface area contributed by atoms with Gasteiger partial charge in [-0.2, -0.15) is 10.1 Å². The van der Waals surface area contributed by atoms with E-state index >= 15 is 0 Å². The second-order valence-electron chi connectivity index (χ2n) is 7.99. The van der Waals surface area contributed by atoms with Gasteiger partial charge >= 0.3 is 0 Å². The Morgan fingerprint density at radius 3 is 2.27 bits per heavy atom. The Balaban J connectivity index is 1.40. The molecule has 5 aliphatic rings. The number of rotatable bonds is 3. The number of imide groups is 1. The molecule has 0 aromatic heterocycles. The van der Waals surface area contributed by atoms with Crippen molar-refractivity contribution in [1.29, 1.82) is 0 Å². The SMILES string of the molecule is CN(C)c1ccc(/C=N\N2C(=O)[C@@H]3[C@H]4C=C[C@@H]([C@@H]5C[C@@H]45)[C@H]3C2=O)cc1Br. The van der Waals surface area contributed by atoms with Crippen molar-refractivity contribution in [3.05, 3.63) is 40.4 Å². The van der Waals surface area contributed by atoms with E-state index in [1.807, 2.05) is 37.2 Å². The summed E-state index contributed by atoms with van der Waals surface area (Å²) in [5.74, 6) is 1.07. The quantitative estimate of drug-likeness (QED) is 0.434. The summed E-state index contributed by atoms with van der Waals surface area (Å²) >= 11 is 3.55. The Bertz CT molecular complexity index is 842. The van der Waals surface area contributed by atoms with Crippen LogP contribution in [0.1, 0.15) is 12.0 Å². The highest BCUT2D eigenvalue weighted by Crippen LogP contribution is 2.65. The van der Waals surface area contributed by atoms with Gasteiger partial charge in [-0.15, -0.1) is 0 Å². The van der Waals surface area contributed by atoms with E-state index in [9.17, 15) is 9.59 Å². The maximum absolute atomic E-state index is 12.9. The highest BCUT2D eigenvalue weighted by atomic mass is 79.9. The van der Waals surface area contributed by atoms with Gasteiger partial charge in [0.05, 0.1) is 23.7 Å². The van der Waals surface area contributed by atoms with Crippen LogP contribution in [-0.4, -0.2) is 37.1 Å². The van der Waals surface area contributed by atoms with Crippen molar-refractivity contribution in [2.75, 3.05) is 19.0 Å². The molecular formula is C20H20BrN3O2. The van der Waals surface area contributed by atoms with Crippen LogP contribution in [0.2, 0.25) is 0 Å². The van der Waals surface area contributed by atoms with E-state index in [1.54, 1.807) is 6.21 Å². The fourth-order valence-electron chi connectivity index (χ4n) is 5.15. The molecule has 2 bridgehead atoms. The number of hydrogen-bond donors (Lipinski definition) is 0. The smallest absolute Gasteiger partial charge is 0.254 e. The molecule has 1 saturated heterocycles. The molecule has 3 fully saturated rings. The first kappa shape index (κ1) is 16.2. The molecule has 6 atom stereocenters. The number of hydrazone groups is 1. The lowest BCUT2D eigenvalue weighted by atomic mass is 9.63. The van der Waals surface area contributed by atoms with Crippen LogP contribution in [-0.2, 0) is 9.59 Å². The molecule has 6 rings (SSSR count). The highest BCUT2D eigenvalue weighted by molar-refractivity contribution is 9.10. The molecule has 26 heavy (non-hydrogen) atoms. The topological polar surface area (TPSA) is 53.0 Å². The molecule has 1 aliphatic heterocycles. The second kappa shape index (κ2) is 5.52. The summed E-state index contributed by atoms with van der Waals surface area (Å²) in [6.07, 6.45) is 7.13. The first-order valence-electron chi connectivity index (χ1n) is 9.04. The number of carbonyl (C=O) groups is 2. The van der Waals surface area contributed by atoms with Gasteiger partial charge in [0.15, 0.2) is 0 Å². The molecule has 1 aromatic carbocycles. The number of anilines is 1. The monoisotopic (exact) mass is 413 g/mol. The minimum Gasteiger partial charge on any atom is -0.377 e. The van der Waals surface area contributed by atoms with E-state index in [4.69, 9.17) is 0 Å². The molecule has 2 amide bonds. The van der Waals surface area contributed by atoms with Crippen LogP contribution in [0, 0.1) is 35.5 Å². The van der Waals surface area contributed by atoms with E-state index in [0.717, 1.165) is 20.7 Å². The molecule has 5 nitrogen and oxygen atoms in total. The average Bonchev–Trinajstić information content (AvgIpc) is 3.39. The van der Waals surface area contributed by atoms with Crippen molar-refractivity contribution in [3.63, 3.8) is 0 Å². The maximum atomic E-state index is 12.9. The summed E-state index contributed by atoms with van der Waals surface area (Å²) in [4.78, 5) is 27.8. The molecule has 6 heteroatoms. The predicted molar refractivity (Wildman–Crippen MR) is 103 cm³/mol. The van der Waals surface area contributed by atoms with Crippen molar-refractivity contribution >= 4 is 39.6 Å². The zero-order chi connectivity index (χ0) is 18.2. The van der Waals surface area contributed by atoms with Gasteiger partial charge < -0.3 is 4.90 Å². The third-order valence-corrected chi connectivity index (χ3v) is 7.05. The maximum Gasteiger partial charge on any atom is 0.254 e. The lowest BCUT2D eigenvalue weighted by Gasteiger charge is -2.37. The van der Waals surface area contributed by atoms with Gasteiger partial charge in [0.1, 0.15) is 0 Å². The Kier molecular flexibility index (Phi) is 3.45. The lowest BCUT2D eigenvalue weighted by molar-refractivity contribution is -0.140. The van der Waals surface area contributed by atoms with Gasteiger partial charge in [-0.25, -0.2) is 0 Å². The van der Waals surface area contributed by atoms with Crippen LogP contribution in [0.5, 0.6) is 0 Å². The van der Waals surface area contributed by atoms with Crippen molar-refractivity contribution in [2.24, 2.45) is 40.6 Å². The van der Waals surface area contributed by atoms with E-state index in [-0.39, 0.29) is 35.5 Å². The van der Waals surface area contributed by atoms with Gasteiger partial charge in [0, 0.05) is 18.6 Å². The van der Waals surface area contributed by atoms with Gasteiger partial charge in [-0.3, -0.25) is 9.59 Å². The van der Waals surface area contributed by atoms with E-state index in [1.165, 1.54) is 6.42 Å². The number of amides is 2. The van der Waals surface area contributed by atoms with Crippen LogP contribution >= 0.6 is 15.9 Å². The molecule has 0 radical (unpaired) electrons. The summed E-state index contributed by atoms with van der Waals surface area (Å²) in [6, 6.07) is 5.86. The Labute approximate surface area is 160 Å². The average molecular weight is 414 g/mol. The molecule has 4 aliphatic carbocycles. The lowest BCUT2D eigenvalue weighted by Crippen LogP contribution is -2.40. The fraction of sp³-hybridized carbons (Fsp3) is 0.450. The van der Waals surface area contributed by atoms with Crippen molar-refractivity contribution in [3.8, 4) is 0 Å². The number of hydrogen-bond acceptors (Lipinski definition) is 4. The standard InChI is InChI=1S/C20H20BrN3O2/c1-23(2)16-6-3-10(7-15(16)21)9-22-24-19(25)17-11-4-5-12(14-8-13(11)14)18(17)20(24)26/h3-7,9,11-14,17-18H,8H2,1-2H3/b22-9-/t11-,12-,13-,14-,17+,18+/m0/s1. The third-order valence-electron chi connectivity index (χ3n) is 6.42. The first-order valence-corrected chi connectivity index (χ1v) is 9.83. The summed E-state index contributed by atoms with van der Waals surface area (Å²) < 4.78 is 0.946. The molecule has 134 valence electrons. The van der Waals surface area contributed by atoms with E-state index < -0.39 is 0 Å². The molecule has 0 spiro atoms. The van der Waals surface area contributed by atoms with Crippen LogP contribution in [0.3, 0.4) is 0 Å². The van der Waals surface area contributed by atoms with Crippen molar-refractivity contribution in [2.45, 2.75) is 6.42 Å². The van der Waals surface area contributed by atoms with Crippen molar-refractivity contribution in [1.82, 2.24) is 5.01 Å². The molecular weight excluding hydrogens is 394 g/mol. The first-order chi connectivity index (χ1) is 12.5. The molecule has 1 heterocycles. The molecule has 2 saturated carbocycles. The molecule has 0 N–H and O–H groups in total. The number of halogens is 1. The minimum atomic E-state index is -0.193. The van der Waals surface area contributed by atoms with Gasteiger partial charge in [-0.1, -0.05) is 18.2 Å². The number of allylic oxidation sites excluding steroid dienone is 2. The molecule has 0 unspecified atom stereocenters. The highest BCUT2D eigenvalue weighted by Gasteiger charge is 2.67. The van der Waals surface area contributed by atoms with Gasteiger partial charge in [0.25, 0.3) is 11.8 Å². The van der Waals surface area contributed by atoms with Crippen molar-refractivity contribution < 1.29 is 9.59 Å². The van der Waals surface area contributed by atoms with E-state index in [2.05, 4.69) is 33.2 Å². The van der Waals surface area contributed by atoms with E-state index in [0.29, 0.717) is 11.8 Å². The summed E-state index contributed by atoms with van der Waals surface area (Å²) in [6.45, 7) is 0. The van der Waals surface area contributed by atoms with Crippen LogP contribution in [0.25, 0.3) is 0 Å². The van der Waals surface area contributed by atoms with Crippen LogP contribution < -0.4 is 4.90 Å². The largest absolute Gasteiger partial charge is 0.377 e. The van der Waals surface area contributed by atoms with Crippen LogP contribution in [0.15, 0.2) is 39.9 Å². The molecule has 1 aromatic rings. The Morgan fingerprint density at radius 2 is 1.73 bits per heavy atom. The van der Waals surface area contributed by atoms with Gasteiger partial charge in [0.2, 0.25) is 0 Å². The van der Waals surface area contributed by atoms with Gasteiger partial charge in [-0.05, 0) is 63.7 Å². The Morgan fingerprint density at radius 1 is 1.12 bits per heavy atom. The zero-order valence-electron chi connectivity index (χ0n) is 14.7. The number of benzene rings is 1. The summed E-state index contributed by atoms with van der Waals surface area (Å²) in [5.41, 5.74) is 1.91. The second-order valence-corrected chi connectivity index (χ2v) is 8.85. The summed E-state index contributed by atoms with van der Waals surface area (Å²) in [5, 5.41) is 5.40. The van der Waals surface area contributed by atoms with Crippen LogP contribution in [0.4, 0.5) is 5.69 Å². The summed E-state index contributed by atoms with van der Waals surface area (Å²) in [7, 11) is 3.95. The zero-order valence-corrected chi connectivity index (χ0v) is 16.3. The third kappa shape index (κ3) is 2.17. The Hall–Kier alpha value is -1.95. The normalized spacial score (nSPS) is 36.7. The minimum absolute atomic E-state index is 0.120. The number of nitrogens with zero attached hydrogens (tertiary/aromatic N) is 3. The predicted octanol–water partition coefficient (Wildman–Crippen LogP) is 2.90. The number of carbonyl (C=O) groups excluding carboxylic acids is 2.